The normalized spacial score (nSPS) is 14.8. The molecule has 0 bridgehead atoms. The standard InChI is InChI=1S/C19H13ClN2O3/c20-14-4-1-11(2-5-14)9-12-7-8-22-17(12)21-16-10-13(19(24)25)3-6-15(16)18(22)23/h1-6,9-10H,7-8H2,(H,24,25)/p-1/b12-9+. The van der Waals surface area contributed by atoms with E-state index in [9.17, 15) is 14.7 Å². The van der Waals surface area contributed by atoms with Gasteiger partial charge in [0.15, 0.2) is 0 Å². The van der Waals surface area contributed by atoms with Crippen molar-refractivity contribution < 1.29 is 9.90 Å². The molecule has 0 saturated heterocycles. The van der Waals surface area contributed by atoms with Crippen molar-refractivity contribution in [3.63, 3.8) is 0 Å². The lowest BCUT2D eigenvalue weighted by Gasteiger charge is -2.08. The largest absolute Gasteiger partial charge is 0.545 e. The summed E-state index contributed by atoms with van der Waals surface area (Å²) in [7, 11) is 0. The zero-order chi connectivity index (χ0) is 17.6. The molecule has 124 valence electrons. The van der Waals surface area contributed by atoms with E-state index in [1.165, 1.54) is 18.2 Å². The Balaban J connectivity index is 1.88. The lowest BCUT2D eigenvalue weighted by atomic mass is 10.1. The van der Waals surface area contributed by atoms with Gasteiger partial charge in [0.1, 0.15) is 5.82 Å². The van der Waals surface area contributed by atoms with Crippen LogP contribution in [0.5, 0.6) is 0 Å². The first kappa shape index (κ1) is 15.6. The molecule has 2 heterocycles. The number of benzene rings is 2. The molecule has 0 N–H and O–H groups in total. The third kappa shape index (κ3) is 2.72. The van der Waals surface area contributed by atoms with E-state index >= 15 is 0 Å². The molecule has 0 unspecified atom stereocenters. The molecule has 0 fully saturated rings. The molecule has 6 heteroatoms. The smallest absolute Gasteiger partial charge is 0.261 e. The highest BCUT2D eigenvalue weighted by atomic mass is 35.5. The highest BCUT2D eigenvalue weighted by molar-refractivity contribution is 6.30. The summed E-state index contributed by atoms with van der Waals surface area (Å²) >= 11 is 5.90. The summed E-state index contributed by atoms with van der Waals surface area (Å²) in [5.41, 5.74) is 2.10. The summed E-state index contributed by atoms with van der Waals surface area (Å²) in [6.07, 6.45) is 2.66. The van der Waals surface area contributed by atoms with Crippen molar-refractivity contribution in [3.8, 4) is 0 Å². The molecule has 3 aromatic rings. The first-order valence-corrected chi connectivity index (χ1v) is 8.13. The molecule has 0 amide bonds. The summed E-state index contributed by atoms with van der Waals surface area (Å²) in [4.78, 5) is 28.2. The van der Waals surface area contributed by atoms with Crippen molar-refractivity contribution in [2.75, 3.05) is 0 Å². The van der Waals surface area contributed by atoms with Crippen LogP contribution < -0.4 is 10.7 Å². The molecule has 5 nitrogen and oxygen atoms in total. The number of carboxylic acid groups (broad SMARTS) is 1. The van der Waals surface area contributed by atoms with Crippen molar-refractivity contribution >= 4 is 40.1 Å². The first-order valence-electron chi connectivity index (χ1n) is 7.75. The average molecular weight is 352 g/mol. The van der Waals surface area contributed by atoms with Crippen LogP contribution >= 0.6 is 11.6 Å². The number of carboxylic acids is 1. The van der Waals surface area contributed by atoms with Crippen LogP contribution in [0.15, 0.2) is 47.3 Å². The molecule has 0 saturated carbocycles. The van der Waals surface area contributed by atoms with Gasteiger partial charge < -0.3 is 9.90 Å². The van der Waals surface area contributed by atoms with Crippen LogP contribution in [0.4, 0.5) is 0 Å². The third-order valence-electron chi connectivity index (χ3n) is 4.29. The Morgan fingerprint density at radius 1 is 1.20 bits per heavy atom. The summed E-state index contributed by atoms with van der Waals surface area (Å²) in [6.45, 7) is 0.554. The Labute approximate surface area is 147 Å². The number of allylic oxidation sites excluding steroid dienone is 1. The van der Waals surface area contributed by atoms with Crippen molar-refractivity contribution in [1.29, 1.82) is 0 Å². The lowest BCUT2D eigenvalue weighted by Crippen LogP contribution is -2.23. The van der Waals surface area contributed by atoms with Crippen molar-refractivity contribution in [3.05, 3.63) is 74.8 Å². The minimum atomic E-state index is -1.29. The van der Waals surface area contributed by atoms with Gasteiger partial charge in [0.25, 0.3) is 5.56 Å². The number of rotatable bonds is 2. The number of carbonyl (C=O) groups is 1. The number of fused-ring (bicyclic) bond motifs is 2. The summed E-state index contributed by atoms with van der Waals surface area (Å²) in [5.74, 6) is -0.718. The number of nitrogens with zero attached hydrogens (tertiary/aromatic N) is 2. The average Bonchev–Trinajstić information content (AvgIpc) is 2.99. The van der Waals surface area contributed by atoms with Gasteiger partial charge in [0.2, 0.25) is 0 Å². The van der Waals surface area contributed by atoms with Crippen LogP contribution in [-0.2, 0) is 6.54 Å². The fraction of sp³-hybridized carbons (Fsp3) is 0.105. The SMILES string of the molecule is O=C([O-])c1ccc2c(=O)n3c(nc2c1)/C(=C/c1ccc(Cl)cc1)CC3. The number of aromatic nitrogens is 2. The molecule has 25 heavy (non-hydrogen) atoms. The van der Waals surface area contributed by atoms with Gasteiger partial charge in [-0.05, 0) is 53.5 Å². The molecule has 0 atom stereocenters. The Morgan fingerprint density at radius 2 is 1.96 bits per heavy atom. The van der Waals surface area contributed by atoms with Crippen LogP contribution in [0.2, 0.25) is 5.02 Å². The topological polar surface area (TPSA) is 75.0 Å². The second-order valence-corrected chi connectivity index (χ2v) is 6.32. The van der Waals surface area contributed by atoms with Gasteiger partial charge in [-0.25, -0.2) is 4.98 Å². The monoisotopic (exact) mass is 351 g/mol. The molecule has 0 aliphatic carbocycles. The molecule has 0 radical (unpaired) electrons. The molecule has 0 spiro atoms. The van der Waals surface area contributed by atoms with Crippen LogP contribution in [0.3, 0.4) is 0 Å². The van der Waals surface area contributed by atoms with Gasteiger partial charge in [-0.2, -0.15) is 0 Å². The maximum absolute atomic E-state index is 12.7. The molecular weight excluding hydrogens is 340 g/mol. The number of halogens is 1. The number of carbonyl (C=O) groups excluding carboxylic acids is 1. The lowest BCUT2D eigenvalue weighted by molar-refractivity contribution is -0.255. The Kier molecular flexibility index (Phi) is 3.66. The van der Waals surface area contributed by atoms with Crippen molar-refractivity contribution in [1.82, 2.24) is 9.55 Å². The van der Waals surface area contributed by atoms with E-state index in [4.69, 9.17) is 11.6 Å². The Hall–Kier alpha value is -2.92. The van der Waals surface area contributed by atoms with Crippen LogP contribution in [0.25, 0.3) is 22.6 Å². The van der Waals surface area contributed by atoms with E-state index in [2.05, 4.69) is 4.98 Å². The minimum absolute atomic E-state index is 0.00516. The van der Waals surface area contributed by atoms with Gasteiger partial charge in [-0.15, -0.1) is 0 Å². The van der Waals surface area contributed by atoms with Crippen LogP contribution in [-0.4, -0.2) is 15.5 Å². The van der Waals surface area contributed by atoms with Gasteiger partial charge in [0.05, 0.1) is 16.9 Å². The van der Waals surface area contributed by atoms with Gasteiger partial charge >= 0.3 is 0 Å². The molecular formula is C19H12ClN2O3-. The third-order valence-corrected chi connectivity index (χ3v) is 4.55. The van der Waals surface area contributed by atoms with Crippen LogP contribution in [0.1, 0.15) is 28.2 Å². The quantitative estimate of drug-likeness (QED) is 0.710. The second-order valence-electron chi connectivity index (χ2n) is 5.88. The highest BCUT2D eigenvalue weighted by Crippen LogP contribution is 2.28. The van der Waals surface area contributed by atoms with Gasteiger partial charge in [-0.3, -0.25) is 9.36 Å². The second kappa shape index (κ2) is 5.86. The fourth-order valence-corrected chi connectivity index (χ4v) is 3.17. The van der Waals surface area contributed by atoms with Gasteiger partial charge in [-0.1, -0.05) is 29.8 Å². The zero-order valence-electron chi connectivity index (χ0n) is 13.0. The van der Waals surface area contributed by atoms with E-state index in [0.29, 0.717) is 34.7 Å². The first-order chi connectivity index (χ1) is 12.0. The maximum Gasteiger partial charge on any atom is 0.261 e. The fourth-order valence-electron chi connectivity index (χ4n) is 3.04. The maximum atomic E-state index is 12.7. The minimum Gasteiger partial charge on any atom is -0.545 e. The summed E-state index contributed by atoms with van der Waals surface area (Å²) in [6, 6.07) is 11.6. The molecule has 1 aliphatic heterocycles. The van der Waals surface area contributed by atoms with E-state index in [1.807, 2.05) is 18.2 Å². The predicted octanol–water partition coefficient (Wildman–Crippen LogP) is 2.36. The molecule has 2 aromatic carbocycles. The van der Waals surface area contributed by atoms with Gasteiger partial charge in [0, 0.05) is 11.6 Å². The Morgan fingerprint density at radius 3 is 2.68 bits per heavy atom. The summed E-state index contributed by atoms with van der Waals surface area (Å²) in [5, 5.41) is 12.1. The summed E-state index contributed by atoms with van der Waals surface area (Å²) < 4.78 is 1.63. The Bertz CT molecular complexity index is 1100. The number of aromatic carboxylic acids is 1. The predicted molar refractivity (Wildman–Crippen MR) is 94.3 cm³/mol. The zero-order valence-corrected chi connectivity index (χ0v) is 13.8. The van der Waals surface area contributed by atoms with E-state index in [1.54, 1.807) is 16.7 Å². The number of hydrogen-bond acceptors (Lipinski definition) is 4. The molecule has 1 aromatic heterocycles. The van der Waals surface area contributed by atoms with E-state index in [0.717, 1.165) is 11.1 Å². The van der Waals surface area contributed by atoms with Crippen molar-refractivity contribution in [2.24, 2.45) is 0 Å². The van der Waals surface area contributed by atoms with Crippen LogP contribution in [0, 0.1) is 0 Å². The molecule has 4 rings (SSSR count). The van der Waals surface area contributed by atoms with Crippen molar-refractivity contribution in [2.45, 2.75) is 13.0 Å². The van der Waals surface area contributed by atoms with E-state index in [-0.39, 0.29) is 11.1 Å². The number of hydrogen-bond donors (Lipinski definition) is 0. The van der Waals surface area contributed by atoms with E-state index < -0.39 is 5.97 Å². The highest BCUT2D eigenvalue weighted by Gasteiger charge is 2.21. The molecule has 1 aliphatic rings.